The Kier molecular flexibility index (Phi) is 6.82. The number of nitrogens with zero attached hydrogens (tertiary/aromatic N) is 2. The SMILES string of the molecule is Cc1ccc(C)c(S(=O)(=O)NCCC(=O)N2CCN(c3ccccc3Cl)CC2)c1. The molecule has 3 rings (SSSR count). The molecule has 156 valence electrons. The van der Waals surface area contributed by atoms with Gasteiger partial charge in [0.1, 0.15) is 0 Å². The first-order valence-electron chi connectivity index (χ1n) is 9.62. The van der Waals surface area contributed by atoms with E-state index in [4.69, 9.17) is 11.6 Å². The molecule has 1 aliphatic heterocycles. The van der Waals surface area contributed by atoms with Crippen molar-refractivity contribution < 1.29 is 13.2 Å². The minimum absolute atomic E-state index is 0.0486. The number of nitrogens with one attached hydrogen (secondary N) is 1. The van der Waals surface area contributed by atoms with Gasteiger partial charge in [0.25, 0.3) is 0 Å². The summed E-state index contributed by atoms with van der Waals surface area (Å²) < 4.78 is 27.6. The number of benzene rings is 2. The lowest BCUT2D eigenvalue weighted by atomic mass is 10.2. The van der Waals surface area contributed by atoms with Gasteiger partial charge in [-0.1, -0.05) is 35.9 Å². The maximum absolute atomic E-state index is 12.5. The van der Waals surface area contributed by atoms with Gasteiger partial charge >= 0.3 is 0 Å². The van der Waals surface area contributed by atoms with E-state index in [1.807, 2.05) is 37.3 Å². The zero-order chi connectivity index (χ0) is 21.0. The van der Waals surface area contributed by atoms with E-state index in [-0.39, 0.29) is 23.8 Å². The fourth-order valence-corrected chi connectivity index (χ4v) is 5.04. The van der Waals surface area contributed by atoms with Crippen LogP contribution in [0.4, 0.5) is 5.69 Å². The molecular formula is C21H26ClN3O3S. The molecule has 29 heavy (non-hydrogen) atoms. The minimum Gasteiger partial charge on any atom is -0.367 e. The summed E-state index contributed by atoms with van der Waals surface area (Å²) in [5.74, 6) is -0.0486. The predicted molar refractivity (Wildman–Crippen MR) is 116 cm³/mol. The summed E-state index contributed by atoms with van der Waals surface area (Å²) >= 11 is 6.25. The zero-order valence-electron chi connectivity index (χ0n) is 16.7. The number of rotatable bonds is 6. The van der Waals surface area contributed by atoms with Crippen molar-refractivity contribution in [3.05, 3.63) is 58.6 Å². The summed E-state index contributed by atoms with van der Waals surface area (Å²) in [6.07, 6.45) is 0.135. The molecule has 2 aromatic rings. The van der Waals surface area contributed by atoms with E-state index in [9.17, 15) is 13.2 Å². The number of anilines is 1. The lowest BCUT2D eigenvalue weighted by molar-refractivity contribution is -0.131. The first-order chi connectivity index (χ1) is 13.8. The highest BCUT2D eigenvalue weighted by atomic mass is 35.5. The van der Waals surface area contributed by atoms with Crippen molar-refractivity contribution in [2.24, 2.45) is 0 Å². The zero-order valence-corrected chi connectivity index (χ0v) is 18.3. The van der Waals surface area contributed by atoms with Crippen LogP contribution >= 0.6 is 11.6 Å². The summed E-state index contributed by atoms with van der Waals surface area (Å²) in [5, 5.41) is 0.702. The van der Waals surface area contributed by atoms with Crippen molar-refractivity contribution in [1.82, 2.24) is 9.62 Å². The fourth-order valence-electron chi connectivity index (χ4n) is 3.43. The van der Waals surface area contributed by atoms with Crippen molar-refractivity contribution in [3.63, 3.8) is 0 Å². The van der Waals surface area contributed by atoms with Crippen LogP contribution in [0.15, 0.2) is 47.4 Å². The fraction of sp³-hybridized carbons (Fsp3) is 0.381. The van der Waals surface area contributed by atoms with Crippen molar-refractivity contribution in [2.75, 3.05) is 37.6 Å². The summed E-state index contributed by atoms with van der Waals surface area (Å²) in [5.41, 5.74) is 2.54. The molecule has 0 aliphatic carbocycles. The van der Waals surface area contributed by atoms with E-state index in [0.29, 0.717) is 36.8 Å². The second-order valence-electron chi connectivity index (χ2n) is 7.24. The Morgan fingerprint density at radius 3 is 2.45 bits per heavy atom. The van der Waals surface area contributed by atoms with E-state index < -0.39 is 10.0 Å². The predicted octanol–water partition coefficient (Wildman–Crippen LogP) is 2.97. The number of sulfonamides is 1. The van der Waals surface area contributed by atoms with Crippen LogP contribution in [-0.2, 0) is 14.8 Å². The molecule has 0 aromatic heterocycles. The van der Waals surface area contributed by atoms with Crippen LogP contribution in [0.3, 0.4) is 0 Å². The summed E-state index contributed by atoms with van der Waals surface area (Å²) in [6.45, 7) is 6.27. The molecule has 1 N–H and O–H groups in total. The van der Waals surface area contributed by atoms with E-state index >= 15 is 0 Å². The molecule has 0 radical (unpaired) electrons. The van der Waals surface area contributed by atoms with E-state index in [1.165, 1.54) is 0 Å². The van der Waals surface area contributed by atoms with Gasteiger partial charge in [-0.25, -0.2) is 13.1 Å². The molecule has 1 heterocycles. The number of piperazine rings is 1. The molecule has 1 amide bonds. The monoisotopic (exact) mass is 435 g/mol. The maximum atomic E-state index is 12.5. The van der Waals surface area contributed by atoms with Crippen LogP contribution in [0.5, 0.6) is 0 Å². The van der Waals surface area contributed by atoms with Gasteiger partial charge in [0.2, 0.25) is 15.9 Å². The van der Waals surface area contributed by atoms with Crippen LogP contribution in [0, 0.1) is 13.8 Å². The highest BCUT2D eigenvalue weighted by Gasteiger charge is 2.23. The smallest absolute Gasteiger partial charge is 0.240 e. The van der Waals surface area contributed by atoms with E-state index in [0.717, 1.165) is 11.3 Å². The molecule has 6 nitrogen and oxygen atoms in total. The topological polar surface area (TPSA) is 69.7 Å². The number of halogens is 1. The van der Waals surface area contributed by atoms with Gasteiger partial charge in [0.15, 0.2) is 0 Å². The van der Waals surface area contributed by atoms with Gasteiger partial charge in [0, 0.05) is 39.1 Å². The lowest BCUT2D eigenvalue weighted by Gasteiger charge is -2.36. The third-order valence-electron chi connectivity index (χ3n) is 5.09. The van der Waals surface area contributed by atoms with Crippen LogP contribution in [-0.4, -0.2) is 51.9 Å². The molecule has 8 heteroatoms. The van der Waals surface area contributed by atoms with Crippen molar-refractivity contribution in [1.29, 1.82) is 0 Å². The second kappa shape index (κ2) is 9.15. The van der Waals surface area contributed by atoms with Crippen LogP contribution in [0.25, 0.3) is 0 Å². The Labute approximate surface area is 177 Å². The second-order valence-corrected chi connectivity index (χ2v) is 9.38. The molecule has 0 bridgehead atoms. The summed E-state index contributed by atoms with van der Waals surface area (Å²) in [7, 11) is -3.63. The Hall–Kier alpha value is -2.09. The van der Waals surface area contributed by atoms with Gasteiger partial charge in [-0.05, 0) is 43.2 Å². The Balaban J connectivity index is 1.50. The molecule has 0 unspecified atom stereocenters. The van der Waals surface area contributed by atoms with Crippen molar-refractivity contribution in [3.8, 4) is 0 Å². The van der Waals surface area contributed by atoms with E-state index in [2.05, 4.69) is 9.62 Å². The summed E-state index contributed by atoms with van der Waals surface area (Å²) in [6, 6.07) is 13.0. The molecule has 1 aliphatic rings. The van der Waals surface area contributed by atoms with E-state index in [1.54, 1.807) is 24.0 Å². The standard InChI is InChI=1S/C21H26ClN3O3S/c1-16-7-8-17(2)20(15-16)29(27,28)23-10-9-21(26)25-13-11-24(12-14-25)19-6-4-3-5-18(19)22/h3-8,15,23H,9-14H2,1-2H3. The third kappa shape index (κ3) is 5.29. The maximum Gasteiger partial charge on any atom is 0.240 e. The molecule has 0 atom stereocenters. The number of hydrogen-bond donors (Lipinski definition) is 1. The Morgan fingerprint density at radius 2 is 1.76 bits per heavy atom. The average molecular weight is 436 g/mol. The number of carbonyl (C=O) groups is 1. The lowest BCUT2D eigenvalue weighted by Crippen LogP contribution is -2.49. The minimum atomic E-state index is -3.63. The Bertz CT molecular complexity index is 986. The summed E-state index contributed by atoms with van der Waals surface area (Å²) in [4.78, 5) is 16.7. The molecule has 0 spiro atoms. The van der Waals surface area contributed by atoms with Crippen molar-refractivity contribution >= 4 is 33.2 Å². The molecule has 2 aromatic carbocycles. The van der Waals surface area contributed by atoms with Gasteiger partial charge < -0.3 is 9.80 Å². The third-order valence-corrected chi connectivity index (χ3v) is 7.01. The van der Waals surface area contributed by atoms with Crippen molar-refractivity contribution in [2.45, 2.75) is 25.2 Å². The van der Waals surface area contributed by atoms with Crippen LogP contribution < -0.4 is 9.62 Å². The molecule has 0 saturated carbocycles. The number of amides is 1. The number of hydrogen-bond acceptors (Lipinski definition) is 4. The molecule has 1 saturated heterocycles. The van der Waals surface area contributed by atoms with Gasteiger partial charge in [0.05, 0.1) is 15.6 Å². The number of carbonyl (C=O) groups excluding carboxylic acids is 1. The Morgan fingerprint density at radius 1 is 1.07 bits per heavy atom. The molecular weight excluding hydrogens is 410 g/mol. The first-order valence-corrected chi connectivity index (χ1v) is 11.5. The van der Waals surface area contributed by atoms with Gasteiger partial charge in [-0.15, -0.1) is 0 Å². The first kappa shape index (κ1) is 21.6. The van der Waals surface area contributed by atoms with Crippen LogP contribution in [0.1, 0.15) is 17.5 Å². The number of aryl methyl sites for hydroxylation is 2. The number of para-hydroxylation sites is 1. The highest BCUT2D eigenvalue weighted by molar-refractivity contribution is 7.89. The molecule has 1 fully saturated rings. The highest BCUT2D eigenvalue weighted by Crippen LogP contribution is 2.26. The average Bonchev–Trinajstić information content (AvgIpc) is 2.70. The largest absolute Gasteiger partial charge is 0.367 e. The quantitative estimate of drug-likeness (QED) is 0.757. The normalized spacial score (nSPS) is 14.9. The van der Waals surface area contributed by atoms with Gasteiger partial charge in [-0.3, -0.25) is 4.79 Å². The van der Waals surface area contributed by atoms with Crippen LogP contribution in [0.2, 0.25) is 5.02 Å². The van der Waals surface area contributed by atoms with Gasteiger partial charge in [-0.2, -0.15) is 0 Å².